The molecule has 0 aliphatic carbocycles. The Kier molecular flexibility index (Phi) is 10.7. The van der Waals surface area contributed by atoms with Crippen LogP contribution in [0.1, 0.15) is 55.6 Å². The maximum atomic E-state index is 2.33. The number of para-hydroxylation sites is 2. The van der Waals surface area contributed by atoms with Gasteiger partial charge in [0.15, 0.2) is 0 Å². The molecule has 2 nitrogen and oxygen atoms in total. The van der Waals surface area contributed by atoms with Crippen LogP contribution < -0.4 is 9.80 Å². The van der Waals surface area contributed by atoms with Gasteiger partial charge in [0.1, 0.15) is 0 Å². The van der Waals surface area contributed by atoms with Gasteiger partial charge in [-0.15, -0.1) is 0 Å². The molecule has 7 aromatic carbocycles. The highest BCUT2D eigenvalue weighted by Crippen LogP contribution is 2.38. The van der Waals surface area contributed by atoms with E-state index in [4.69, 9.17) is 0 Å². The second-order valence-corrected chi connectivity index (χ2v) is 14.3. The van der Waals surface area contributed by atoms with Crippen molar-refractivity contribution in [1.82, 2.24) is 0 Å². The second-order valence-electron chi connectivity index (χ2n) is 14.3. The Morgan fingerprint density at radius 3 is 0.944 bits per heavy atom. The van der Waals surface area contributed by atoms with Crippen molar-refractivity contribution in [3.05, 3.63) is 213 Å². The summed E-state index contributed by atoms with van der Waals surface area (Å²) in [5.74, 6) is 0. The van der Waals surface area contributed by atoms with Gasteiger partial charge in [0.2, 0.25) is 0 Å². The lowest BCUT2D eigenvalue weighted by Gasteiger charge is -2.27. The van der Waals surface area contributed by atoms with Crippen molar-refractivity contribution in [2.75, 3.05) is 9.80 Å². The van der Waals surface area contributed by atoms with Crippen LogP contribution in [0.25, 0.3) is 24.3 Å². The summed E-state index contributed by atoms with van der Waals surface area (Å²) in [5.41, 5.74) is 19.4. The second kappa shape index (κ2) is 16.1. The molecule has 0 saturated carbocycles. The third-order valence-corrected chi connectivity index (χ3v) is 10.5. The Balaban J connectivity index is 1.07. The van der Waals surface area contributed by atoms with E-state index in [2.05, 4.69) is 233 Å². The molecule has 0 unspecified atom stereocenters. The van der Waals surface area contributed by atoms with E-state index < -0.39 is 0 Å². The number of benzene rings is 7. The first kappa shape index (κ1) is 36.0. The molecule has 0 aliphatic heterocycles. The number of rotatable bonds is 10. The summed E-state index contributed by atoms with van der Waals surface area (Å²) in [7, 11) is 0. The molecular weight excluding hydrogens is 653 g/mol. The fourth-order valence-corrected chi connectivity index (χ4v) is 6.95. The first-order valence-electron chi connectivity index (χ1n) is 18.8. The zero-order chi connectivity index (χ0) is 37.6. The van der Waals surface area contributed by atoms with Crippen LogP contribution in [-0.2, 0) is 0 Å². The van der Waals surface area contributed by atoms with Crippen molar-refractivity contribution >= 4 is 58.4 Å². The van der Waals surface area contributed by atoms with Gasteiger partial charge in [0.05, 0.1) is 0 Å². The Labute approximate surface area is 322 Å². The minimum Gasteiger partial charge on any atom is -0.310 e. The third-order valence-electron chi connectivity index (χ3n) is 10.5. The molecule has 266 valence electrons. The first-order chi connectivity index (χ1) is 26.2. The fourth-order valence-electron chi connectivity index (χ4n) is 6.95. The van der Waals surface area contributed by atoms with Gasteiger partial charge in [-0.05, 0) is 176 Å². The number of nitrogens with zero attached hydrogens (tertiary/aromatic N) is 2. The summed E-state index contributed by atoms with van der Waals surface area (Å²) >= 11 is 0. The highest BCUT2D eigenvalue weighted by molar-refractivity contribution is 5.81. The van der Waals surface area contributed by atoms with E-state index >= 15 is 0 Å². The van der Waals surface area contributed by atoms with Gasteiger partial charge in [-0.25, -0.2) is 0 Å². The van der Waals surface area contributed by atoms with Gasteiger partial charge in [0.25, 0.3) is 0 Å². The van der Waals surface area contributed by atoms with Crippen LogP contribution in [0, 0.1) is 41.5 Å². The summed E-state index contributed by atoms with van der Waals surface area (Å²) < 4.78 is 0. The number of hydrogen-bond acceptors (Lipinski definition) is 2. The zero-order valence-electron chi connectivity index (χ0n) is 32.2. The molecule has 0 spiro atoms. The molecule has 0 N–H and O–H groups in total. The Hall–Kier alpha value is -6.38. The van der Waals surface area contributed by atoms with Crippen molar-refractivity contribution in [1.29, 1.82) is 0 Å². The molecule has 0 heterocycles. The van der Waals surface area contributed by atoms with E-state index in [1.54, 1.807) is 0 Å². The quantitative estimate of drug-likeness (QED) is 0.131. The Bertz CT molecular complexity index is 2200. The van der Waals surface area contributed by atoms with Crippen molar-refractivity contribution in [2.45, 2.75) is 41.5 Å². The SMILES string of the molecule is Cc1cc(N(c2ccccc2)c2ccc(/C=C/c3cccc(/C=C/c4ccc(N(c5ccccc5)c5cc(C)c(C)c(C)c5)cc4)c3)cc2)cc(C)c1C. The maximum absolute atomic E-state index is 2.33. The van der Waals surface area contributed by atoms with E-state index in [0.29, 0.717) is 0 Å². The van der Waals surface area contributed by atoms with E-state index in [9.17, 15) is 0 Å². The molecule has 0 bridgehead atoms. The van der Waals surface area contributed by atoms with Gasteiger partial charge >= 0.3 is 0 Å². The highest BCUT2D eigenvalue weighted by atomic mass is 15.1. The van der Waals surface area contributed by atoms with Gasteiger partial charge in [-0.1, -0.05) is 103 Å². The van der Waals surface area contributed by atoms with Crippen LogP contribution in [0.4, 0.5) is 34.1 Å². The predicted octanol–water partition coefficient (Wildman–Crippen LogP) is 14.8. The molecule has 0 saturated heterocycles. The van der Waals surface area contributed by atoms with E-state index in [1.165, 1.54) is 44.8 Å². The summed E-state index contributed by atoms with van der Waals surface area (Å²) in [6.07, 6.45) is 8.76. The molecule has 0 aromatic heterocycles. The van der Waals surface area contributed by atoms with Gasteiger partial charge < -0.3 is 9.80 Å². The van der Waals surface area contributed by atoms with E-state index in [0.717, 1.165) is 45.0 Å². The van der Waals surface area contributed by atoms with E-state index in [1.807, 2.05) is 0 Å². The molecular formula is C52H48N2. The predicted molar refractivity (Wildman–Crippen MR) is 235 cm³/mol. The molecule has 0 amide bonds. The topological polar surface area (TPSA) is 6.48 Å². The molecule has 0 aliphatic rings. The van der Waals surface area contributed by atoms with Crippen LogP contribution in [-0.4, -0.2) is 0 Å². The van der Waals surface area contributed by atoms with Crippen molar-refractivity contribution in [3.8, 4) is 0 Å². The summed E-state index contributed by atoms with van der Waals surface area (Å²) in [4.78, 5) is 4.67. The Morgan fingerprint density at radius 1 is 0.278 bits per heavy atom. The third kappa shape index (κ3) is 8.14. The minimum atomic E-state index is 1.13. The van der Waals surface area contributed by atoms with Crippen molar-refractivity contribution < 1.29 is 0 Å². The van der Waals surface area contributed by atoms with Crippen molar-refractivity contribution in [3.63, 3.8) is 0 Å². The lowest BCUT2D eigenvalue weighted by Crippen LogP contribution is -2.10. The Morgan fingerprint density at radius 2 is 0.593 bits per heavy atom. The van der Waals surface area contributed by atoms with Gasteiger partial charge in [-0.3, -0.25) is 0 Å². The molecule has 7 aromatic rings. The van der Waals surface area contributed by atoms with Gasteiger partial charge in [0, 0.05) is 34.1 Å². The first-order valence-corrected chi connectivity index (χ1v) is 18.8. The molecule has 2 heteroatoms. The smallest absolute Gasteiger partial charge is 0.0467 e. The highest BCUT2D eigenvalue weighted by Gasteiger charge is 2.15. The van der Waals surface area contributed by atoms with Crippen LogP contribution >= 0.6 is 0 Å². The van der Waals surface area contributed by atoms with Crippen molar-refractivity contribution in [2.24, 2.45) is 0 Å². The molecule has 54 heavy (non-hydrogen) atoms. The largest absolute Gasteiger partial charge is 0.310 e. The maximum Gasteiger partial charge on any atom is 0.0467 e. The molecule has 0 fully saturated rings. The lowest BCUT2D eigenvalue weighted by atomic mass is 10.0. The molecule has 0 radical (unpaired) electrons. The zero-order valence-corrected chi connectivity index (χ0v) is 32.2. The average molecular weight is 701 g/mol. The molecule has 0 atom stereocenters. The molecule has 7 rings (SSSR count). The fraction of sp³-hybridized carbons (Fsp3) is 0.115. The van der Waals surface area contributed by atoms with Crippen LogP contribution in [0.2, 0.25) is 0 Å². The lowest BCUT2D eigenvalue weighted by molar-refractivity contribution is 1.21. The minimum absolute atomic E-state index is 1.13. The summed E-state index contributed by atoms with van der Waals surface area (Å²) in [6.45, 7) is 13.2. The summed E-state index contributed by atoms with van der Waals surface area (Å²) in [6, 6.07) is 56.6. The van der Waals surface area contributed by atoms with Crippen LogP contribution in [0.15, 0.2) is 158 Å². The number of aryl methyl sites for hydroxylation is 4. The van der Waals surface area contributed by atoms with Gasteiger partial charge in [-0.2, -0.15) is 0 Å². The number of anilines is 6. The monoisotopic (exact) mass is 700 g/mol. The standard InChI is InChI=1S/C52H48N2/c1-37-32-51(33-38(2)41(37)5)53(47-16-9-7-10-17-47)49-28-24-43(25-29-49)20-22-45-14-13-15-46(36-45)23-21-44-26-30-50(31-27-44)54(48-18-11-8-12-19-48)52-34-39(3)42(6)40(4)35-52/h7-36H,1-6H3/b22-20+,23-21+. The van der Waals surface area contributed by atoms with Crippen LogP contribution in [0.3, 0.4) is 0 Å². The normalized spacial score (nSPS) is 11.4. The summed E-state index contributed by atoms with van der Waals surface area (Å²) in [5, 5.41) is 0. The van der Waals surface area contributed by atoms with E-state index in [-0.39, 0.29) is 0 Å². The number of hydrogen-bond donors (Lipinski definition) is 0. The van der Waals surface area contributed by atoms with Crippen LogP contribution in [0.5, 0.6) is 0 Å². The average Bonchev–Trinajstić information content (AvgIpc) is 3.19.